The average Bonchev–Trinajstić information content (AvgIpc) is 3.54. The molecule has 0 heterocycles. The number of carbonyl (C=O) groups excluding carboxylic acids is 2. The Labute approximate surface area is 181 Å². The van der Waals surface area contributed by atoms with Crippen molar-refractivity contribution in [1.29, 1.82) is 0 Å². The number of nitrogens with one attached hydrogen (secondary N) is 2. The second kappa shape index (κ2) is 9.67. The van der Waals surface area contributed by atoms with Gasteiger partial charge in [0.1, 0.15) is 0 Å². The number of carbonyl (C=O) groups is 2. The predicted octanol–water partition coefficient (Wildman–Crippen LogP) is 5.14. The van der Waals surface area contributed by atoms with Gasteiger partial charge < -0.3 is 20.1 Å². The average molecular weight is 429 g/mol. The molecular weight excluding hydrogens is 404 g/mol. The van der Waals surface area contributed by atoms with Gasteiger partial charge in [0, 0.05) is 23.4 Å². The molecule has 2 amide bonds. The number of amides is 2. The molecule has 30 heavy (non-hydrogen) atoms. The second-order valence-corrected chi connectivity index (χ2v) is 7.77. The van der Waals surface area contributed by atoms with Crippen LogP contribution in [-0.4, -0.2) is 25.0 Å². The minimum Gasteiger partial charge on any atom is -0.493 e. The van der Waals surface area contributed by atoms with E-state index in [1.54, 1.807) is 42.5 Å². The molecule has 0 bridgehead atoms. The monoisotopic (exact) mass is 428 g/mol. The number of halogens is 1. The molecule has 2 aromatic carbocycles. The van der Waals surface area contributed by atoms with Crippen molar-refractivity contribution in [2.75, 3.05) is 17.7 Å². The molecule has 0 saturated heterocycles. The lowest BCUT2D eigenvalue weighted by molar-refractivity contribution is -0.117. The molecule has 0 aliphatic heterocycles. The van der Waals surface area contributed by atoms with Crippen LogP contribution in [0.2, 0.25) is 5.02 Å². The highest BCUT2D eigenvalue weighted by molar-refractivity contribution is 6.32. The van der Waals surface area contributed by atoms with E-state index in [-0.39, 0.29) is 23.8 Å². The van der Waals surface area contributed by atoms with Gasteiger partial charge in [0.25, 0.3) is 0 Å². The fourth-order valence-corrected chi connectivity index (χ4v) is 3.03. The van der Waals surface area contributed by atoms with E-state index < -0.39 is 0 Å². The maximum absolute atomic E-state index is 12.2. The fourth-order valence-electron chi connectivity index (χ4n) is 2.77. The molecule has 1 aliphatic rings. The predicted molar refractivity (Wildman–Crippen MR) is 119 cm³/mol. The number of ether oxygens (including phenoxy) is 2. The number of hydrogen-bond acceptors (Lipinski definition) is 4. The molecule has 7 heteroatoms. The molecule has 0 radical (unpaired) electrons. The zero-order valence-corrected chi connectivity index (χ0v) is 18.0. The first kappa shape index (κ1) is 21.7. The van der Waals surface area contributed by atoms with Crippen LogP contribution < -0.4 is 20.1 Å². The Morgan fingerprint density at radius 2 is 1.73 bits per heavy atom. The van der Waals surface area contributed by atoms with E-state index in [9.17, 15) is 9.59 Å². The van der Waals surface area contributed by atoms with E-state index in [0.29, 0.717) is 33.5 Å². The summed E-state index contributed by atoms with van der Waals surface area (Å²) >= 11 is 6.31. The Balaban J connectivity index is 1.61. The van der Waals surface area contributed by atoms with Gasteiger partial charge >= 0.3 is 0 Å². The zero-order chi connectivity index (χ0) is 21.7. The molecule has 6 nitrogen and oxygen atoms in total. The van der Waals surface area contributed by atoms with E-state index in [2.05, 4.69) is 10.6 Å². The van der Waals surface area contributed by atoms with Crippen LogP contribution in [0.1, 0.15) is 32.3 Å². The van der Waals surface area contributed by atoms with Crippen molar-refractivity contribution in [2.45, 2.75) is 32.8 Å². The summed E-state index contributed by atoms with van der Waals surface area (Å²) in [7, 11) is 1.54. The molecule has 1 saturated carbocycles. The Morgan fingerprint density at radius 3 is 2.30 bits per heavy atom. The van der Waals surface area contributed by atoms with Gasteiger partial charge in [-0.3, -0.25) is 9.59 Å². The van der Waals surface area contributed by atoms with Crippen LogP contribution >= 0.6 is 11.6 Å². The van der Waals surface area contributed by atoms with Crippen LogP contribution in [0.5, 0.6) is 11.5 Å². The summed E-state index contributed by atoms with van der Waals surface area (Å²) in [6.07, 6.45) is 4.93. The van der Waals surface area contributed by atoms with Gasteiger partial charge in [-0.1, -0.05) is 11.6 Å². The summed E-state index contributed by atoms with van der Waals surface area (Å²) in [5.41, 5.74) is 2.05. The van der Waals surface area contributed by atoms with Crippen LogP contribution in [0.25, 0.3) is 6.08 Å². The fraction of sp³-hybridized carbons (Fsp3) is 0.304. The van der Waals surface area contributed by atoms with Crippen LogP contribution in [0.4, 0.5) is 11.4 Å². The number of rotatable bonds is 8. The van der Waals surface area contributed by atoms with Crippen LogP contribution in [0.3, 0.4) is 0 Å². The van der Waals surface area contributed by atoms with Gasteiger partial charge in [0.15, 0.2) is 11.5 Å². The Morgan fingerprint density at radius 1 is 1.10 bits per heavy atom. The molecular formula is C23H25ClN2O4. The molecule has 0 unspecified atom stereocenters. The van der Waals surface area contributed by atoms with E-state index >= 15 is 0 Å². The van der Waals surface area contributed by atoms with Crippen LogP contribution in [0.15, 0.2) is 42.5 Å². The maximum Gasteiger partial charge on any atom is 0.248 e. The third kappa shape index (κ3) is 6.00. The molecule has 3 rings (SSSR count). The highest BCUT2D eigenvalue weighted by Crippen LogP contribution is 2.37. The van der Waals surface area contributed by atoms with Crippen molar-refractivity contribution in [3.8, 4) is 11.5 Å². The van der Waals surface area contributed by atoms with E-state index in [1.807, 2.05) is 13.8 Å². The van der Waals surface area contributed by atoms with Crippen molar-refractivity contribution >= 4 is 40.9 Å². The minimum atomic E-state index is -0.289. The molecule has 1 fully saturated rings. The van der Waals surface area contributed by atoms with Crippen LogP contribution in [-0.2, 0) is 9.59 Å². The van der Waals surface area contributed by atoms with Crippen molar-refractivity contribution in [3.05, 3.63) is 53.1 Å². The summed E-state index contributed by atoms with van der Waals surface area (Å²) in [5, 5.41) is 6.05. The SMILES string of the molecule is COc1cc(/C=C/C(=O)Nc2ccc(NC(=O)C3CC3)cc2)cc(Cl)c1OC(C)C. The summed E-state index contributed by atoms with van der Waals surface area (Å²) in [6.45, 7) is 3.81. The molecule has 1 aliphatic carbocycles. The highest BCUT2D eigenvalue weighted by atomic mass is 35.5. The lowest BCUT2D eigenvalue weighted by Gasteiger charge is -2.15. The molecule has 2 N–H and O–H groups in total. The third-order valence-electron chi connectivity index (χ3n) is 4.40. The first-order valence-electron chi connectivity index (χ1n) is 9.80. The smallest absolute Gasteiger partial charge is 0.248 e. The standard InChI is InChI=1S/C23H25ClN2O4/c1-14(2)30-22-19(24)12-15(13-20(22)29-3)4-11-21(27)25-17-7-9-18(10-8-17)26-23(28)16-5-6-16/h4,7-14,16H,5-6H2,1-3H3,(H,25,27)(H,26,28)/b11-4+. The lowest BCUT2D eigenvalue weighted by Crippen LogP contribution is -2.13. The van der Waals surface area contributed by atoms with E-state index in [0.717, 1.165) is 12.8 Å². The summed E-state index contributed by atoms with van der Waals surface area (Å²) < 4.78 is 11.0. The largest absolute Gasteiger partial charge is 0.493 e. The van der Waals surface area contributed by atoms with Gasteiger partial charge in [-0.2, -0.15) is 0 Å². The molecule has 0 aromatic heterocycles. The van der Waals surface area contributed by atoms with Gasteiger partial charge in [0.05, 0.1) is 18.2 Å². The molecule has 158 valence electrons. The Hall–Kier alpha value is -2.99. The van der Waals surface area contributed by atoms with Crippen LogP contribution in [0, 0.1) is 5.92 Å². The molecule has 0 spiro atoms. The number of benzene rings is 2. The minimum absolute atomic E-state index is 0.0445. The maximum atomic E-state index is 12.2. The number of hydrogen-bond donors (Lipinski definition) is 2. The van der Waals surface area contributed by atoms with Gasteiger partial charge in [-0.25, -0.2) is 0 Å². The first-order chi connectivity index (χ1) is 14.4. The van der Waals surface area contributed by atoms with Gasteiger partial charge in [-0.05, 0) is 74.7 Å². The quantitative estimate of drug-likeness (QED) is 0.571. The van der Waals surface area contributed by atoms with Crippen molar-refractivity contribution in [2.24, 2.45) is 5.92 Å². The topological polar surface area (TPSA) is 76.7 Å². The Bertz CT molecular complexity index is 950. The second-order valence-electron chi connectivity index (χ2n) is 7.36. The van der Waals surface area contributed by atoms with Crippen molar-refractivity contribution < 1.29 is 19.1 Å². The first-order valence-corrected chi connectivity index (χ1v) is 10.2. The highest BCUT2D eigenvalue weighted by Gasteiger charge is 2.29. The van der Waals surface area contributed by atoms with E-state index in [4.69, 9.17) is 21.1 Å². The van der Waals surface area contributed by atoms with Gasteiger partial charge in [-0.15, -0.1) is 0 Å². The number of anilines is 2. The number of methoxy groups -OCH3 is 1. The van der Waals surface area contributed by atoms with Crippen molar-refractivity contribution in [1.82, 2.24) is 0 Å². The third-order valence-corrected chi connectivity index (χ3v) is 4.68. The Kier molecular flexibility index (Phi) is 7.00. The zero-order valence-electron chi connectivity index (χ0n) is 17.2. The summed E-state index contributed by atoms with van der Waals surface area (Å²) in [4.78, 5) is 24.0. The van der Waals surface area contributed by atoms with Gasteiger partial charge in [0.2, 0.25) is 11.8 Å². The molecule has 2 aromatic rings. The van der Waals surface area contributed by atoms with Crippen molar-refractivity contribution in [3.63, 3.8) is 0 Å². The van der Waals surface area contributed by atoms with E-state index in [1.165, 1.54) is 13.2 Å². The lowest BCUT2D eigenvalue weighted by atomic mass is 10.1. The normalized spacial score (nSPS) is 13.4. The summed E-state index contributed by atoms with van der Waals surface area (Å²) in [6, 6.07) is 10.5. The summed E-state index contributed by atoms with van der Waals surface area (Å²) in [5.74, 6) is 0.883. The molecule has 0 atom stereocenters.